The Labute approximate surface area is 75.9 Å². The molecule has 0 aliphatic carbocycles. The highest BCUT2D eigenvalue weighted by Gasteiger charge is 2.10. The lowest BCUT2D eigenvalue weighted by Gasteiger charge is -2.23. The van der Waals surface area contributed by atoms with Gasteiger partial charge < -0.3 is 11.1 Å². The molecule has 0 amide bonds. The fourth-order valence-corrected chi connectivity index (χ4v) is 1.88. The summed E-state index contributed by atoms with van der Waals surface area (Å²) in [6, 6.07) is 0.816. The van der Waals surface area contributed by atoms with Crippen LogP contribution < -0.4 is 11.1 Å². The predicted molar refractivity (Wildman–Crippen MR) is 53.2 cm³/mol. The van der Waals surface area contributed by atoms with Crippen molar-refractivity contribution in [2.24, 2.45) is 5.73 Å². The molecule has 3 N–H and O–H groups in total. The first kappa shape index (κ1) is 10.0. The molecule has 12 heavy (non-hydrogen) atoms. The molecule has 72 valence electrons. The van der Waals surface area contributed by atoms with E-state index in [-0.39, 0.29) is 0 Å². The van der Waals surface area contributed by atoms with Gasteiger partial charge in [-0.1, -0.05) is 19.3 Å². The van der Waals surface area contributed by atoms with Crippen LogP contribution in [0.1, 0.15) is 44.9 Å². The van der Waals surface area contributed by atoms with Crippen LogP contribution >= 0.6 is 0 Å². The zero-order chi connectivity index (χ0) is 8.65. The molecule has 1 atom stereocenters. The Morgan fingerprint density at radius 3 is 2.75 bits per heavy atom. The Bertz CT molecular complexity index is 98.0. The highest BCUT2D eigenvalue weighted by atomic mass is 14.9. The van der Waals surface area contributed by atoms with Crippen LogP contribution in [0.25, 0.3) is 0 Å². The predicted octanol–water partition coefficient (Wildman–Crippen LogP) is 1.65. The highest BCUT2D eigenvalue weighted by Crippen LogP contribution is 2.13. The third-order valence-corrected chi connectivity index (χ3v) is 2.67. The van der Waals surface area contributed by atoms with Crippen LogP contribution in [-0.2, 0) is 0 Å². The molecule has 0 spiro atoms. The van der Waals surface area contributed by atoms with Gasteiger partial charge in [0.2, 0.25) is 0 Å². The lowest BCUT2D eigenvalue weighted by Crippen LogP contribution is -2.33. The zero-order valence-electron chi connectivity index (χ0n) is 8.02. The molecule has 2 nitrogen and oxygen atoms in total. The zero-order valence-corrected chi connectivity index (χ0v) is 8.02. The standard InChI is InChI=1S/C10H22N2/c11-8-4-1-2-6-10-7-3-5-9-12-10/h10,12H,1-9,11H2/t10-/m0/s1. The molecule has 1 fully saturated rings. The first-order chi connectivity index (χ1) is 5.93. The summed E-state index contributed by atoms with van der Waals surface area (Å²) in [5.41, 5.74) is 5.43. The SMILES string of the molecule is NCCCCC[C@H]1CCCCN1. The summed E-state index contributed by atoms with van der Waals surface area (Å²) in [6.07, 6.45) is 9.42. The summed E-state index contributed by atoms with van der Waals surface area (Å²) >= 11 is 0. The van der Waals surface area contributed by atoms with E-state index in [1.807, 2.05) is 0 Å². The van der Waals surface area contributed by atoms with Crippen molar-refractivity contribution in [3.8, 4) is 0 Å². The van der Waals surface area contributed by atoms with Gasteiger partial charge in [0, 0.05) is 6.04 Å². The van der Waals surface area contributed by atoms with E-state index in [1.165, 1.54) is 51.5 Å². The first-order valence-electron chi connectivity index (χ1n) is 5.37. The van der Waals surface area contributed by atoms with Gasteiger partial charge in [0.25, 0.3) is 0 Å². The maximum Gasteiger partial charge on any atom is 0.00670 e. The Morgan fingerprint density at radius 2 is 2.08 bits per heavy atom. The van der Waals surface area contributed by atoms with Gasteiger partial charge in [-0.15, -0.1) is 0 Å². The molecule has 0 aromatic rings. The molecule has 0 radical (unpaired) electrons. The Morgan fingerprint density at radius 1 is 1.17 bits per heavy atom. The van der Waals surface area contributed by atoms with Gasteiger partial charge in [-0.25, -0.2) is 0 Å². The third-order valence-electron chi connectivity index (χ3n) is 2.67. The number of hydrogen-bond acceptors (Lipinski definition) is 2. The van der Waals surface area contributed by atoms with Crippen molar-refractivity contribution in [1.29, 1.82) is 0 Å². The summed E-state index contributed by atoms with van der Waals surface area (Å²) in [5.74, 6) is 0. The summed E-state index contributed by atoms with van der Waals surface area (Å²) in [4.78, 5) is 0. The van der Waals surface area contributed by atoms with E-state index < -0.39 is 0 Å². The van der Waals surface area contributed by atoms with Crippen LogP contribution in [-0.4, -0.2) is 19.1 Å². The highest BCUT2D eigenvalue weighted by molar-refractivity contribution is 4.71. The molecule has 0 aromatic heterocycles. The van der Waals surface area contributed by atoms with E-state index in [0.717, 1.165) is 12.6 Å². The third kappa shape index (κ3) is 4.07. The Kier molecular flexibility index (Phi) is 5.37. The maximum absolute atomic E-state index is 5.43. The number of piperidine rings is 1. The van der Waals surface area contributed by atoms with Gasteiger partial charge in [0.15, 0.2) is 0 Å². The number of nitrogens with one attached hydrogen (secondary N) is 1. The fraction of sp³-hybridized carbons (Fsp3) is 1.00. The molecule has 0 saturated carbocycles. The minimum absolute atomic E-state index is 0.816. The molecule has 1 aliphatic heterocycles. The summed E-state index contributed by atoms with van der Waals surface area (Å²) in [5, 5.41) is 3.56. The molecule has 0 bridgehead atoms. The average Bonchev–Trinajstić information content (AvgIpc) is 2.14. The van der Waals surface area contributed by atoms with E-state index in [0.29, 0.717) is 0 Å². The second-order valence-corrected chi connectivity index (χ2v) is 3.78. The van der Waals surface area contributed by atoms with E-state index in [4.69, 9.17) is 5.73 Å². The summed E-state index contributed by atoms with van der Waals surface area (Å²) in [7, 11) is 0. The minimum atomic E-state index is 0.816. The number of rotatable bonds is 5. The van der Waals surface area contributed by atoms with Crippen LogP contribution in [0, 0.1) is 0 Å². The van der Waals surface area contributed by atoms with Crippen molar-refractivity contribution < 1.29 is 0 Å². The van der Waals surface area contributed by atoms with Crippen LogP contribution in [0.5, 0.6) is 0 Å². The minimum Gasteiger partial charge on any atom is -0.330 e. The van der Waals surface area contributed by atoms with Crippen LogP contribution in [0.4, 0.5) is 0 Å². The normalized spacial score (nSPS) is 24.2. The fourth-order valence-electron chi connectivity index (χ4n) is 1.88. The second-order valence-electron chi connectivity index (χ2n) is 3.78. The maximum atomic E-state index is 5.43. The lowest BCUT2D eigenvalue weighted by atomic mass is 9.99. The van der Waals surface area contributed by atoms with Crippen LogP contribution in [0.3, 0.4) is 0 Å². The van der Waals surface area contributed by atoms with Crippen molar-refractivity contribution in [2.75, 3.05) is 13.1 Å². The van der Waals surface area contributed by atoms with Crippen molar-refractivity contribution in [3.63, 3.8) is 0 Å². The molecule has 1 aliphatic rings. The van der Waals surface area contributed by atoms with Gasteiger partial charge in [0.05, 0.1) is 0 Å². The number of hydrogen-bond donors (Lipinski definition) is 2. The number of unbranched alkanes of at least 4 members (excludes halogenated alkanes) is 2. The molecule has 0 aromatic carbocycles. The topological polar surface area (TPSA) is 38.0 Å². The van der Waals surface area contributed by atoms with E-state index in [2.05, 4.69) is 5.32 Å². The largest absolute Gasteiger partial charge is 0.330 e. The molecule has 0 unspecified atom stereocenters. The molecular weight excluding hydrogens is 148 g/mol. The molecule has 1 saturated heterocycles. The Hall–Kier alpha value is -0.0800. The van der Waals surface area contributed by atoms with Gasteiger partial charge in [-0.3, -0.25) is 0 Å². The second kappa shape index (κ2) is 6.44. The van der Waals surface area contributed by atoms with E-state index in [1.54, 1.807) is 0 Å². The van der Waals surface area contributed by atoms with Crippen LogP contribution in [0.2, 0.25) is 0 Å². The quantitative estimate of drug-likeness (QED) is 0.616. The summed E-state index contributed by atoms with van der Waals surface area (Å²) in [6.45, 7) is 2.10. The molecule has 1 heterocycles. The monoisotopic (exact) mass is 170 g/mol. The van der Waals surface area contributed by atoms with Gasteiger partial charge in [-0.05, 0) is 38.8 Å². The smallest absolute Gasteiger partial charge is 0.00670 e. The lowest BCUT2D eigenvalue weighted by molar-refractivity contribution is 0.371. The molecule has 2 heteroatoms. The van der Waals surface area contributed by atoms with Crippen molar-refractivity contribution in [3.05, 3.63) is 0 Å². The number of nitrogens with two attached hydrogens (primary N) is 1. The average molecular weight is 170 g/mol. The Balaban J connectivity index is 1.91. The van der Waals surface area contributed by atoms with E-state index >= 15 is 0 Å². The van der Waals surface area contributed by atoms with Crippen molar-refractivity contribution in [1.82, 2.24) is 5.32 Å². The molecule has 1 rings (SSSR count). The van der Waals surface area contributed by atoms with Crippen molar-refractivity contribution in [2.45, 2.75) is 51.0 Å². The molecular formula is C10H22N2. The van der Waals surface area contributed by atoms with Gasteiger partial charge >= 0.3 is 0 Å². The van der Waals surface area contributed by atoms with Gasteiger partial charge in [-0.2, -0.15) is 0 Å². The van der Waals surface area contributed by atoms with Crippen LogP contribution in [0.15, 0.2) is 0 Å². The van der Waals surface area contributed by atoms with E-state index in [9.17, 15) is 0 Å². The first-order valence-corrected chi connectivity index (χ1v) is 5.37. The van der Waals surface area contributed by atoms with Crippen molar-refractivity contribution >= 4 is 0 Å². The van der Waals surface area contributed by atoms with Gasteiger partial charge in [0.1, 0.15) is 0 Å². The summed E-state index contributed by atoms with van der Waals surface area (Å²) < 4.78 is 0.